The van der Waals surface area contributed by atoms with Crippen LogP contribution in [0.1, 0.15) is 18.9 Å². The second kappa shape index (κ2) is 11.4. The number of carbonyl (C=O) groups excluding carboxylic acids is 2. The number of hydrazine groups is 1. The van der Waals surface area contributed by atoms with E-state index < -0.39 is 5.92 Å². The van der Waals surface area contributed by atoms with Crippen LogP contribution in [0.4, 0.5) is 15.8 Å². The molecule has 1 aliphatic heterocycles. The molecular formula is C27H28FN3O5. The van der Waals surface area contributed by atoms with E-state index in [0.717, 1.165) is 17.0 Å². The maximum absolute atomic E-state index is 13.2. The van der Waals surface area contributed by atoms with E-state index >= 15 is 0 Å². The zero-order valence-electron chi connectivity index (χ0n) is 20.1. The molecule has 0 saturated carbocycles. The highest BCUT2D eigenvalue weighted by Crippen LogP contribution is 2.35. The Morgan fingerprint density at radius 2 is 1.81 bits per heavy atom. The summed E-state index contributed by atoms with van der Waals surface area (Å²) in [6, 6.07) is 18.4. The Labute approximate surface area is 208 Å². The van der Waals surface area contributed by atoms with Crippen molar-refractivity contribution in [2.75, 3.05) is 30.6 Å². The second-order valence-corrected chi connectivity index (χ2v) is 8.20. The minimum atomic E-state index is -0.522. The fourth-order valence-corrected chi connectivity index (χ4v) is 3.91. The van der Waals surface area contributed by atoms with Crippen LogP contribution in [0, 0.1) is 11.7 Å². The van der Waals surface area contributed by atoms with E-state index in [0.29, 0.717) is 23.8 Å². The summed E-state index contributed by atoms with van der Waals surface area (Å²) in [5.41, 5.74) is 7.55. The standard InChI is InChI=1S/C27H28FN3O5/c1-3-35-22-13-11-21(12-14-22)31-16-19(15-25(31)32)27(33)30-29-23-5-4-6-24(34-2)26(23)36-17-18-7-9-20(28)10-8-18/h4-14,19,29H,3,15-17H2,1-2H3,(H,30,33)/t19-/m1/s1. The zero-order valence-corrected chi connectivity index (χ0v) is 20.1. The summed E-state index contributed by atoms with van der Waals surface area (Å²) in [5, 5.41) is 0. The summed E-state index contributed by atoms with van der Waals surface area (Å²) in [4.78, 5) is 27.1. The number of ether oxygens (including phenoxy) is 3. The molecule has 1 heterocycles. The van der Waals surface area contributed by atoms with Crippen LogP contribution >= 0.6 is 0 Å². The van der Waals surface area contributed by atoms with Gasteiger partial charge in [0.05, 0.1) is 25.3 Å². The van der Waals surface area contributed by atoms with Gasteiger partial charge in [0.1, 0.15) is 18.2 Å². The number of rotatable bonds is 10. The first-order chi connectivity index (χ1) is 17.5. The summed E-state index contributed by atoms with van der Waals surface area (Å²) in [5.74, 6) is 0.297. The molecule has 0 spiro atoms. The Hall–Kier alpha value is -4.27. The smallest absolute Gasteiger partial charge is 0.243 e. The van der Waals surface area contributed by atoms with Gasteiger partial charge in [0.2, 0.25) is 11.8 Å². The Balaban J connectivity index is 1.39. The van der Waals surface area contributed by atoms with Crippen LogP contribution in [0.3, 0.4) is 0 Å². The molecule has 0 aromatic heterocycles. The van der Waals surface area contributed by atoms with E-state index in [4.69, 9.17) is 14.2 Å². The predicted octanol–water partition coefficient (Wildman–Crippen LogP) is 4.31. The largest absolute Gasteiger partial charge is 0.494 e. The lowest BCUT2D eigenvalue weighted by Crippen LogP contribution is -2.36. The normalized spacial score (nSPS) is 14.9. The molecule has 1 atom stereocenters. The first-order valence-electron chi connectivity index (χ1n) is 11.6. The molecule has 36 heavy (non-hydrogen) atoms. The minimum Gasteiger partial charge on any atom is -0.494 e. The quantitative estimate of drug-likeness (QED) is 0.409. The molecule has 2 N–H and O–H groups in total. The maximum Gasteiger partial charge on any atom is 0.243 e. The molecule has 8 nitrogen and oxygen atoms in total. The molecule has 0 bridgehead atoms. The van der Waals surface area contributed by atoms with Crippen LogP contribution < -0.4 is 30.0 Å². The SMILES string of the molecule is CCOc1ccc(N2C[C@H](C(=O)NNc3cccc(OC)c3OCc3ccc(F)cc3)CC2=O)cc1. The first-order valence-corrected chi connectivity index (χ1v) is 11.6. The van der Waals surface area contributed by atoms with Gasteiger partial charge in [-0.25, -0.2) is 4.39 Å². The van der Waals surface area contributed by atoms with Crippen molar-refractivity contribution < 1.29 is 28.2 Å². The van der Waals surface area contributed by atoms with Gasteiger partial charge in [-0.05, 0) is 61.0 Å². The van der Waals surface area contributed by atoms with Gasteiger partial charge in [0.15, 0.2) is 11.5 Å². The van der Waals surface area contributed by atoms with Crippen molar-refractivity contribution in [3.05, 3.63) is 78.1 Å². The van der Waals surface area contributed by atoms with Crippen molar-refractivity contribution in [2.45, 2.75) is 20.0 Å². The average Bonchev–Trinajstić information content (AvgIpc) is 3.29. The van der Waals surface area contributed by atoms with Crippen LogP contribution in [0.2, 0.25) is 0 Å². The fraction of sp³-hybridized carbons (Fsp3) is 0.259. The van der Waals surface area contributed by atoms with E-state index in [-0.39, 0.29) is 37.2 Å². The van der Waals surface area contributed by atoms with Gasteiger partial charge in [-0.15, -0.1) is 0 Å². The predicted molar refractivity (Wildman–Crippen MR) is 134 cm³/mol. The van der Waals surface area contributed by atoms with Crippen LogP contribution in [0.25, 0.3) is 0 Å². The minimum absolute atomic E-state index is 0.104. The topological polar surface area (TPSA) is 89.1 Å². The number of carbonyl (C=O) groups is 2. The third kappa shape index (κ3) is 5.86. The van der Waals surface area contributed by atoms with Crippen LogP contribution in [-0.4, -0.2) is 32.1 Å². The summed E-state index contributed by atoms with van der Waals surface area (Å²) >= 11 is 0. The summed E-state index contributed by atoms with van der Waals surface area (Å²) in [7, 11) is 1.52. The third-order valence-corrected chi connectivity index (χ3v) is 5.77. The summed E-state index contributed by atoms with van der Waals surface area (Å²) in [6.07, 6.45) is 0.104. The number of hydrogen-bond acceptors (Lipinski definition) is 6. The van der Waals surface area contributed by atoms with E-state index in [9.17, 15) is 14.0 Å². The van der Waals surface area contributed by atoms with E-state index in [1.54, 1.807) is 47.4 Å². The molecule has 3 aromatic carbocycles. The molecule has 3 aromatic rings. The molecule has 2 amide bonds. The first kappa shape index (κ1) is 24.8. The molecule has 1 aliphatic rings. The van der Waals surface area contributed by atoms with Crippen molar-refractivity contribution in [3.8, 4) is 17.2 Å². The highest BCUT2D eigenvalue weighted by atomic mass is 19.1. The lowest BCUT2D eigenvalue weighted by atomic mass is 10.1. The number of nitrogens with zero attached hydrogens (tertiary/aromatic N) is 1. The van der Waals surface area contributed by atoms with E-state index in [1.807, 2.05) is 19.1 Å². The van der Waals surface area contributed by atoms with Crippen molar-refractivity contribution in [2.24, 2.45) is 5.92 Å². The summed E-state index contributed by atoms with van der Waals surface area (Å²) < 4.78 is 30.0. The van der Waals surface area contributed by atoms with Crippen LogP contribution in [-0.2, 0) is 16.2 Å². The van der Waals surface area contributed by atoms with Gasteiger partial charge in [0.25, 0.3) is 0 Å². The molecule has 4 rings (SSSR count). The van der Waals surface area contributed by atoms with Gasteiger partial charge in [-0.3, -0.25) is 20.4 Å². The van der Waals surface area contributed by atoms with E-state index in [1.165, 1.54) is 19.2 Å². The molecular weight excluding hydrogens is 465 g/mol. The Bertz CT molecular complexity index is 1200. The number of benzene rings is 3. The monoisotopic (exact) mass is 493 g/mol. The zero-order chi connectivity index (χ0) is 25.5. The molecule has 0 radical (unpaired) electrons. The number of hydrogen-bond donors (Lipinski definition) is 2. The van der Waals surface area contributed by atoms with Gasteiger partial charge in [-0.1, -0.05) is 18.2 Å². The third-order valence-electron chi connectivity index (χ3n) is 5.77. The fourth-order valence-electron chi connectivity index (χ4n) is 3.91. The van der Waals surface area contributed by atoms with Gasteiger partial charge >= 0.3 is 0 Å². The highest BCUT2D eigenvalue weighted by molar-refractivity contribution is 6.00. The van der Waals surface area contributed by atoms with E-state index in [2.05, 4.69) is 10.9 Å². The lowest BCUT2D eigenvalue weighted by molar-refractivity contribution is -0.125. The van der Waals surface area contributed by atoms with Crippen LogP contribution in [0.15, 0.2) is 66.7 Å². The number of methoxy groups -OCH3 is 1. The number of amides is 2. The molecule has 0 aliphatic carbocycles. The molecule has 0 unspecified atom stereocenters. The van der Waals surface area contributed by atoms with Gasteiger partial charge in [-0.2, -0.15) is 0 Å². The molecule has 188 valence electrons. The van der Waals surface area contributed by atoms with Crippen molar-refractivity contribution >= 4 is 23.2 Å². The molecule has 1 saturated heterocycles. The van der Waals surface area contributed by atoms with Crippen LogP contribution in [0.5, 0.6) is 17.2 Å². The number of anilines is 2. The molecule has 1 fully saturated rings. The molecule has 9 heteroatoms. The highest BCUT2D eigenvalue weighted by Gasteiger charge is 2.35. The maximum atomic E-state index is 13.2. The van der Waals surface area contributed by atoms with Crippen molar-refractivity contribution in [1.29, 1.82) is 0 Å². The average molecular weight is 494 g/mol. The Morgan fingerprint density at radius 3 is 2.50 bits per heavy atom. The summed E-state index contributed by atoms with van der Waals surface area (Å²) in [6.45, 7) is 2.91. The number of para-hydroxylation sites is 1. The second-order valence-electron chi connectivity index (χ2n) is 8.20. The Morgan fingerprint density at radius 1 is 1.06 bits per heavy atom. The Kier molecular flexibility index (Phi) is 7.89. The van der Waals surface area contributed by atoms with Crippen molar-refractivity contribution in [3.63, 3.8) is 0 Å². The lowest BCUT2D eigenvalue weighted by Gasteiger charge is -2.19. The number of nitrogens with one attached hydrogen (secondary N) is 2. The number of halogens is 1. The van der Waals surface area contributed by atoms with Gasteiger partial charge in [0, 0.05) is 18.7 Å². The van der Waals surface area contributed by atoms with Gasteiger partial charge < -0.3 is 19.1 Å². The van der Waals surface area contributed by atoms with Crippen molar-refractivity contribution in [1.82, 2.24) is 5.43 Å².